The number of hydrogen-bond acceptors (Lipinski definition) is 6. The number of rotatable bonds is 4. The molecule has 0 aromatic carbocycles. The van der Waals surface area contributed by atoms with Gasteiger partial charge < -0.3 is 10.0 Å². The molecule has 3 aliphatic rings. The molecule has 1 amide bonds. The van der Waals surface area contributed by atoms with Crippen molar-refractivity contribution in [1.29, 1.82) is 0 Å². The minimum Gasteiger partial charge on any atom is -0.379 e. The van der Waals surface area contributed by atoms with E-state index in [2.05, 4.69) is 16.9 Å². The van der Waals surface area contributed by atoms with Crippen molar-refractivity contribution in [3.05, 3.63) is 16.6 Å². The van der Waals surface area contributed by atoms with Gasteiger partial charge in [0.1, 0.15) is 5.01 Å². The smallest absolute Gasteiger partial charge is 0.255 e. The van der Waals surface area contributed by atoms with Gasteiger partial charge in [-0.05, 0) is 43.9 Å². The van der Waals surface area contributed by atoms with Crippen LogP contribution in [0.4, 0.5) is 0 Å². The van der Waals surface area contributed by atoms with Crippen molar-refractivity contribution in [2.45, 2.75) is 43.9 Å². The molecule has 1 spiro atoms. The van der Waals surface area contributed by atoms with E-state index in [4.69, 9.17) is 0 Å². The lowest BCUT2D eigenvalue weighted by Gasteiger charge is -2.37. The minimum atomic E-state index is -1.10. The van der Waals surface area contributed by atoms with Crippen molar-refractivity contribution in [2.75, 3.05) is 31.6 Å². The molecule has 2 aliphatic heterocycles. The van der Waals surface area contributed by atoms with E-state index < -0.39 is 5.60 Å². The number of likely N-dealkylation sites (tertiary alicyclic amines) is 1. The predicted octanol–water partition coefficient (Wildman–Crippen LogP) is 1.82. The zero-order chi connectivity index (χ0) is 16.8. The second kappa shape index (κ2) is 6.27. The van der Waals surface area contributed by atoms with E-state index in [1.807, 2.05) is 16.5 Å². The van der Waals surface area contributed by atoms with Crippen LogP contribution in [-0.4, -0.2) is 69.1 Å². The number of aromatic nitrogens is 1. The van der Waals surface area contributed by atoms with Crippen LogP contribution in [0.25, 0.3) is 0 Å². The number of piperidine rings is 1. The SMILES string of the molecule is CN(Cc1nccs1)[C@@H]1CC12CCN(C(=O)[C@@]1(O)CCSC1)CC2. The molecule has 7 heteroatoms. The number of carbonyl (C=O) groups excluding carboxylic acids is 1. The highest BCUT2D eigenvalue weighted by Crippen LogP contribution is 2.56. The first-order valence-corrected chi connectivity index (χ1v) is 10.7. The van der Waals surface area contributed by atoms with Crippen molar-refractivity contribution in [3.8, 4) is 0 Å². The maximum atomic E-state index is 12.6. The average molecular weight is 368 g/mol. The maximum absolute atomic E-state index is 12.6. The Bertz CT molecular complexity index is 593. The second-order valence-electron chi connectivity index (χ2n) is 7.55. The molecule has 3 fully saturated rings. The van der Waals surface area contributed by atoms with Crippen LogP contribution >= 0.6 is 23.1 Å². The summed E-state index contributed by atoms with van der Waals surface area (Å²) in [5.41, 5.74) is -0.713. The summed E-state index contributed by atoms with van der Waals surface area (Å²) in [6.07, 6.45) is 5.84. The molecule has 1 aromatic rings. The first kappa shape index (κ1) is 16.8. The molecule has 0 unspecified atom stereocenters. The summed E-state index contributed by atoms with van der Waals surface area (Å²) in [7, 11) is 2.19. The molecule has 3 heterocycles. The number of thiazole rings is 1. The van der Waals surface area contributed by atoms with Gasteiger partial charge in [-0.1, -0.05) is 0 Å². The van der Waals surface area contributed by atoms with Gasteiger partial charge in [-0.3, -0.25) is 9.69 Å². The standard InChI is InChI=1S/C17H25N3O2S2/c1-19(11-14-18-5-9-24-14)13-10-16(13)2-6-20(7-3-16)15(21)17(22)4-8-23-12-17/h5,9,13,22H,2-4,6-8,10-12H2,1H3/t13-,17-/m1/s1. The normalized spacial score (nSPS) is 31.8. The van der Waals surface area contributed by atoms with Gasteiger partial charge in [0.25, 0.3) is 5.91 Å². The van der Waals surface area contributed by atoms with Crippen LogP contribution in [0.15, 0.2) is 11.6 Å². The van der Waals surface area contributed by atoms with Gasteiger partial charge in [0.2, 0.25) is 0 Å². The van der Waals surface area contributed by atoms with E-state index in [0.29, 0.717) is 23.6 Å². The van der Waals surface area contributed by atoms with Crippen LogP contribution < -0.4 is 0 Å². The highest BCUT2D eigenvalue weighted by molar-refractivity contribution is 7.99. The number of nitrogens with zero attached hydrogens (tertiary/aromatic N) is 3. The molecule has 1 aliphatic carbocycles. The quantitative estimate of drug-likeness (QED) is 0.880. The summed E-state index contributed by atoms with van der Waals surface area (Å²) >= 11 is 3.40. The predicted molar refractivity (Wildman–Crippen MR) is 97.1 cm³/mol. The summed E-state index contributed by atoms with van der Waals surface area (Å²) in [6, 6.07) is 0.615. The van der Waals surface area contributed by atoms with E-state index in [9.17, 15) is 9.90 Å². The highest BCUT2D eigenvalue weighted by Gasteiger charge is 2.57. The van der Waals surface area contributed by atoms with Gasteiger partial charge in [0, 0.05) is 36.5 Å². The highest BCUT2D eigenvalue weighted by atomic mass is 32.2. The van der Waals surface area contributed by atoms with Crippen molar-refractivity contribution < 1.29 is 9.90 Å². The fourth-order valence-electron chi connectivity index (χ4n) is 4.31. The summed E-state index contributed by atoms with van der Waals surface area (Å²) in [5, 5.41) is 13.7. The molecule has 5 nitrogen and oxygen atoms in total. The number of thioether (sulfide) groups is 1. The third-order valence-electron chi connectivity index (χ3n) is 5.99. The first-order valence-electron chi connectivity index (χ1n) is 8.71. The van der Waals surface area contributed by atoms with Crippen molar-refractivity contribution in [2.24, 2.45) is 5.41 Å². The third kappa shape index (κ3) is 3.00. The lowest BCUT2D eigenvalue weighted by atomic mass is 9.90. The molecule has 2 atom stereocenters. The van der Waals surface area contributed by atoms with Gasteiger partial charge in [-0.25, -0.2) is 4.98 Å². The van der Waals surface area contributed by atoms with Crippen molar-refractivity contribution in [3.63, 3.8) is 0 Å². The van der Waals surface area contributed by atoms with E-state index in [1.54, 1.807) is 23.1 Å². The number of hydrogen-bond donors (Lipinski definition) is 1. The van der Waals surface area contributed by atoms with Crippen LogP contribution in [0.2, 0.25) is 0 Å². The van der Waals surface area contributed by atoms with Gasteiger partial charge in [-0.2, -0.15) is 11.8 Å². The number of amides is 1. The molecule has 2 saturated heterocycles. The van der Waals surface area contributed by atoms with E-state index in [-0.39, 0.29) is 5.91 Å². The van der Waals surface area contributed by atoms with Gasteiger partial charge in [0.05, 0.1) is 6.54 Å². The molecule has 0 radical (unpaired) electrons. The van der Waals surface area contributed by atoms with Crippen LogP contribution in [0.5, 0.6) is 0 Å². The van der Waals surface area contributed by atoms with E-state index in [1.165, 1.54) is 11.4 Å². The van der Waals surface area contributed by atoms with Crippen molar-refractivity contribution >= 4 is 29.0 Å². The first-order chi connectivity index (χ1) is 11.5. The Balaban J connectivity index is 1.31. The number of aliphatic hydroxyl groups is 1. The Morgan fingerprint density at radius 1 is 1.46 bits per heavy atom. The Morgan fingerprint density at radius 2 is 2.25 bits per heavy atom. The lowest BCUT2D eigenvalue weighted by Crippen LogP contribution is -2.52. The molecule has 1 N–H and O–H groups in total. The van der Waals surface area contributed by atoms with Gasteiger partial charge in [0.15, 0.2) is 5.60 Å². The molecule has 132 valence electrons. The zero-order valence-corrected chi connectivity index (χ0v) is 15.7. The molecule has 0 bridgehead atoms. The van der Waals surface area contributed by atoms with Crippen molar-refractivity contribution in [1.82, 2.24) is 14.8 Å². The lowest BCUT2D eigenvalue weighted by molar-refractivity contribution is -0.150. The second-order valence-corrected chi connectivity index (χ2v) is 9.63. The van der Waals surface area contributed by atoms with Crippen LogP contribution in [0.3, 0.4) is 0 Å². The monoisotopic (exact) mass is 367 g/mol. The fourth-order valence-corrected chi connectivity index (χ4v) is 6.22. The molecule has 1 aromatic heterocycles. The Hall–Kier alpha value is -0.630. The average Bonchev–Trinajstić information content (AvgIpc) is 2.96. The van der Waals surface area contributed by atoms with Gasteiger partial charge in [-0.15, -0.1) is 11.3 Å². The van der Waals surface area contributed by atoms with Crippen LogP contribution in [0.1, 0.15) is 30.7 Å². The summed E-state index contributed by atoms with van der Waals surface area (Å²) < 4.78 is 0. The van der Waals surface area contributed by atoms with E-state index in [0.717, 1.165) is 38.2 Å². The molecule has 4 rings (SSSR count). The zero-order valence-electron chi connectivity index (χ0n) is 14.1. The summed E-state index contributed by atoms with van der Waals surface area (Å²) in [6.45, 7) is 2.52. The maximum Gasteiger partial charge on any atom is 0.255 e. The largest absolute Gasteiger partial charge is 0.379 e. The van der Waals surface area contributed by atoms with Gasteiger partial charge >= 0.3 is 0 Å². The number of carbonyl (C=O) groups is 1. The fraction of sp³-hybridized carbons (Fsp3) is 0.765. The third-order valence-corrected chi connectivity index (χ3v) is 7.93. The molecular weight excluding hydrogens is 342 g/mol. The molecule has 1 saturated carbocycles. The van der Waals surface area contributed by atoms with Crippen LogP contribution in [0, 0.1) is 5.41 Å². The Kier molecular flexibility index (Phi) is 4.39. The van der Waals surface area contributed by atoms with E-state index >= 15 is 0 Å². The molecule has 24 heavy (non-hydrogen) atoms. The summed E-state index contributed by atoms with van der Waals surface area (Å²) in [4.78, 5) is 21.3. The molecular formula is C17H25N3O2S2. The van der Waals surface area contributed by atoms with Crippen LogP contribution in [-0.2, 0) is 11.3 Å². The Labute approximate surface area is 151 Å². The topological polar surface area (TPSA) is 56.7 Å². The Morgan fingerprint density at radius 3 is 2.88 bits per heavy atom. The minimum absolute atomic E-state index is 0.0318. The summed E-state index contributed by atoms with van der Waals surface area (Å²) in [5.74, 6) is 1.42.